The van der Waals surface area contributed by atoms with Gasteiger partial charge in [-0.1, -0.05) is 17.2 Å². The summed E-state index contributed by atoms with van der Waals surface area (Å²) < 4.78 is 0. The molecule has 8 heteroatoms. The molecule has 0 N–H and O–H groups in total. The highest BCUT2D eigenvalue weighted by Crippen LogP contribution is 2.26. The van der Waals surface area contributed by atoms with Crippen molar-refractivity contribution in [3.63, 3.8) is 0 Å². The molecule has 0 saturated carbocycles. The van der Waals surface area contributed by atoms with Crippen LogP contribution in [0, 0.1) is 0 Å². The zero-order valence-corrected chi connectivity index (χ0v) is 12.6. The molecule has 120 valence electrons. The largest absolute Gasteiger partial charge is 0.355 e. The van der Waals surface area contributed by atoms with Gasteiger partial charge in [-0.25, -0.2) is 9.86 Å². The van der Waals surface area contributed by atoms with Gasteiger partial charge >= 0.3 is 5.97 Å². The molecule has 2 heterocycles. The second-order valence-corrected chi connectivity index (χ2v) is 5.87. The minimum absolute atomic E-state index is 0.132. The maximum absolute atomic E-state index is 12.1. The molecule has 1 saturated heterocycles. The topological polar surface area (TPSA) is 93.2 Å². The summed E-state index contributed by atoms with van der Waals surface area (Å²) in [4.78, 5) is 57.9. The van der Waals surface area contributed by atoms with E-state index in [4.69, 9.17) is 9.68 Å². The van der Waals surface area contributed by atoms with E-state index in [1.165, 1.54) is 12.1 Å². The number of rotatable bonds is 3. The van der Waals surface area contributed by atoms with Gasteiger partial charge < -0.3 is 4.84 Å². The fourth-order valence-corrected chi connectivity index (χ4v) is 2.45. The van der Waals surface area contributed by atoms with Gasteiger partial charge in [0.05, 0.1) is 23.1 Å². The lowest BCUT2D eigenvalue weighted by molar-refractivity contribution is -0.206. The highest BCUT2D eigenvalue weighted by Gasteiger charge is 2.41. The Morgan fingerprint density at radius 3 is 2.22 bits per heavy atom. The summed E-state index contributed by atoms with van der Waals surface area (Å²) in [7, 11) is 0. The molecule has 0 aromatic heterocycles. The molecule has 1 fully saturated rings. The van der Waals surface area contributed by atoms with E-state index < -0.39 is 29.9 Å². The van der Waals surface area contributed by atoms with Crippen molar-refractivity contribution in [3.8, 4) is 0 Å². The third-order valence-corrected chi connectivity index (χ3v) is 3.44. The Bertz CT molecular complexity index is 691. The molecule has 23 heavy (non-hydrogen) atoms. The molecule has 0 aliphatic carbocycles. The second-order valence-electron chi connectivity index (χ2n) is 5.87. The monoisotopic (exact) mass is 318 g/mol. The quantitative estimate of drug-likeness (QED) is 0.761. The number of hydrogen-bond donors (Lipinski definition) is 0. The normalized spacial score (nSPS) is 19.3. The van der Waals surface area contributed by atoms with Gasteiger partial charge in [-0.05, 0) is 26.0 Å². The predicted molar refractivity (Wildman–Crippen MR) is 74.5 cm³/mol. The third-order valence-electron chi connectivity index (χ3n) is 3.44. The molecule has 3 rings (SSSR count). The zero-order chi connectivity index (χ0) is 16.8. The van der Waals surface area contributed by atoms with Crippen LogP contribution in [-0.2, 0) is 19.3 Å². The third kappa shape index (κ3) is 2.68. The van der Waals surface area contributed by atoms with Crippen LogP contribution in [0.2, 0.25) is 0 Å². The molecule has 0 radical (unpaired) electrons. The fraction of sp³-hybridized carbons (Fsp3) is 0.333. The van der Waals surface area contributed by atoms with Gasteiger partial charge in [0.2, 0.25) is 5.91 Å². The Morgan fingerprint density at radius 2 is 1.74 bits per heavy atom. The van der Waals surface area contributed by atoms with Gasteiger partial charge in [0.25, 0.3) is 11.8 Å². The highest BCUT2D eigenvalue weighted by atomic mass is 16.7. The van der Waals surface area contributed by atoms with Crippen LogP contribution in [-0.4, -0.2) is 46.0 Å². The van der Waals surface area contributed by atoms with Gasteiger partial charge in [-0.2, -0.15) is 0 Å². The molecular formula is C15H14N2O6. The summed E-state index contributed by atoms with van der Waals surface area (Å²) in [5.41, 5.74) is -0.368. The van der Waals surface area contributed by atoms with Crippen LogP contribution in [0.5, 0.6) is 0 Å². The number of fused-ring (bicyclic) bond motifs is 1. The molecule has 2 aliphatic heterocycles. The summed E-state index contributed by atoms with van der Waals surface area (Å²) in [6.07, 6.45) is 0.132. The Hall–Kier alpha value is -2.74. The molecule has 0 atom stereocenters. The maximum Gasteiger partial charge on any atom is 0.355 e. The lowest BCUT2D eigenvalue weighted by Crippen LogP contribution is -2.38. The van der Waals surface area contributed by atoms with E-state index in [9.17, 15) is 19.2 Å². The van der Waals surface area contributed by atoms with E-state index in [2.05, 4.69) is 0 Å². The lowest BCUT2D eigenvalue weighted by atomic mass is 10.1. The first-order chi connectivity index (χ1) is 10.8. The van der Waals surface area contributed by atoms with E-state index >= 15 is 0 Å². The predicted octanol–water partition coefficient (Wildman–Crippen LogP) is 0.683. The highest BCUT2D eigenvalue weighted by molar-refractivity contribution is 6.20. The van der Waals surface area contributed by atoms with Gasteiger partial charge in [-0.15, -0.1) is 0 Å². The smallest absolute Gasteiger partial charge is 0.328 e. The summed E-state index contributed by atoms with van der Waals surface area (Å²) in [5, 5.41) is 1.28. The van der Waals surface area contributed by atoms with Gasteiger partial charge in [0.15, 0.2) is 0 Å². The number of imide groups is 1. The van der Waals surface area contributed by atoms with Gasteiger partial charge in [-0.3, -0.25) is 19.2 Å². The van der Waals surface area contributed by atoms with Crippen LogP contribution in [0.4, 0.5) is 0 Å². The number of hydrogen-bond acceptors (Lipinski definition) is 6. The average molecular weight is 318 g/mol. The first-order valence-electron chi connectivity index (χ1n) is 6.96. The first kappa shape index (κ1) is 15.2. The van der Waals surface area contributed by atoms with E-state index in [1.807, 2.05) is 0 Å². The van der Waals surface area contributed by atoms with Crippen LogP contribution < -0.4 is 0 Å². The number of nitrogens with zero attached hydrogens (tertiary/aromatic N) is 2. The van der Waals surface area contributed by atoms with E-state index in [0.717, 1.165) is 5.06 Å². The minimum atomic E-state index is -0.939. The Balaban J connectivity index is 1.67. The average Bonchev–Trinajstić information content (AvgIpc) is 2.87. The Kier molecular flexibility index (Phi) is 3.41. The number of carbonyl (C=O) groups excluding carboxylic acids is 4. The standard InChI is InChI=1S/C15H14N2O6/c1-15(2)7-11(18)16(23-15)8-12(19)22-17-13(20)9-5-3-4-6-10(9)14(17)21/h3-6H,7-8H2,1-2H3. The van der Waals surface area contributed by atoms with E-state index in [1.54, 1.807) is 26.0 Å². The summed E-state index contributed by atoms with van der Waals surface area (Å²) in [5.74, 6) is -2.74. The molecule has 2 aliphatic rings. The van der Waals surface area contributed by atoms with Crippen molar-refractivity contribution in [2.24, 2.45) is 0 Å². The van der Waals surface area contributed by atoms with Crippen molar-refractivity contribution in [1.82, 2.24) is 10.1 Å². The molecular weight excluding hydrogens is 304 g/mol. The molecule has 1 aromatic carbocycles. The molecule has 1 aromatic rings. The lowest BCUT2D eigenvalue weighted by Gasteiger charge is -2.20. The summed E-state index contributed by atoms with van der Waals surface area (Å²) in [6.45, 7) is 2.91. The zero-order valence-electron chi connectivity index (χ0n) is 12.6. The van der Waals surface area contributed by atoms with Crippen molar-refractivity contribution < 1.29 is 28.9 Å². The van der Waals surface area contributed by atoms with Crippen molar-refractivity contribution >= 4 is 23.7 Å². The molecule has 8 nitrogen and oxygen atoms in total. The number of benzene rings is 1. The summed E-state index contributed by atoms with van der Waals surface area (Å²) in [6, 6.07) is 6.15. The molecule has 0 spiro atoms. The SMILES string of the molecule is CC1(C)CC(=O)N(CC(=O)ON2C(=O)c3ccccc3C2=O)O1. The van der Waals surface area contributed by atoms with E-state index in [-0.39, 0.29) is 23.5 Å². The minimum Gasteiger partial charge on any atom is -0.328 e. The Labute approximate surface area is 131 Å². The first-order valence-corrected chi connectivity index (χ1v) is 6.96. The van der Waals surface area contributed by atoms with Crippen molar-refractivity contribution in [2.45, 2.75) is 25.9 Å². The fourth-order valence-electron chi connectivity index (χ4n) is 2.45. The second kappa shape index (κ2) is 5.17. The van der Waals surface area contributed by atoms with Crippen LogP contribution in [0.1, 0.15) is 41.0 Å². The molecule has 0 bridgehead atoms. The van der Waals surface area contributed by atoms with Gasteiger partial charge in [0, 0.05) is 0 Å². The molecule has 3 amide bonds. The van der Waals surface area contributed by atoms with Crippen LogP contribution in [0.15, 0.2) is 24.3 Å². The van der Waals surface area contributed by atoms with Crippen molar-refractivity contribution in [2.75, 3.05) is 6.54 Å². The van der Waals surface area contributed by atoms with Crippen LogP contribution in [0.3, 0.4) is 0 Å². The maximum atomic E-state index is 12.1. The van der Waals surface area contributed by atoms with Crippen molar-refractivity contribution in [3.05, 3.63) is 35.4 Å². The number of amides is 3. The number of carbonyl (C=O) groups is 4. The summed E-state index contributed by atoms with van der Waals surface area (Å²) >= 11 is 0. The van der Waals surface area contributed by atoms with Crippen LogP contribution in [0.25, 0.3) is 0 Å². The van der Waals surface area contributed by atoms with Crippen LogP contribution >= 0.6 is 0 Å². The van der Waals surface area contributed by atoms with Crippen molar-refractivity contribution in [1.29, 1.82) is 0 Å². The molecule has 0 unspecified atom stereocenters. The Morgan fingerprint density at radius 1 is 1.17 bits per heavy atom. The number of hydroxylamine groups is 4. The van der Waals surface area contributed by atoms with E-state index in [0.29, 0.717) is 5.06 Å². The van der Waals surface area contributed by atoms with Gasteiger partial charge in [0.1, 0.15) is 6.54 Å².